The van der Waals surface area contributed by atoms with E-state index in [1.807, 2.05) is 0 Å². The first-order valence-electron chi connectivity index (χ1n) is 8.79. The number of alkyl halides is 6. The summed E-state index contributed by atoms with van der Waals surface area (Å²) in [6.45, 7) is 0.00378. The molecule has 29 heavy (non-hydrogen) atoms. The van der Waals surface area contributed by atoms with Crippen LogP contribution in [0.15, 0.2) is 42.5 Å². The average Bonchev–Trinajstić information content (AvgIpc) is 2.65. The molecule has 0 radical (unpaired) electrons. The molecule has 0 aliphatic heterocycles. The van der Waals surface area contributed by atoms with Crippen molar-refractivity contribution in [2.24, 2.45) is 0 Å². The lowest BCUT2D eigenvalue weighted by Gasteiger charge is -2.15. The normalized spacial score (nSPS) is 12.2. The maximum atomic E-state index is 13.3. The second-order valence-electron chi connectivity index (χ2n) is 6.26. The highest BCUT2D eigenvalue weighted by Gasteiger charge is 2.34. The van der Waals surface area contributed by atoms with Crippen LogP contribution < -0.4 is 4.74 Å². The maximum absolute atomic E-state index is 13.3. The predicted octanol–water partition coefficient (Wildman–Crippen LogP) is 5.96. The highest BCUT2D eigenvalue weighted by molar-refractivity contribution is 7.99. The molecule has 0 aliphatic rings. The number of ether oxygens (including phenoxy) is 1. The summed E-state index contributed by atoms with van der Waals surface area (Å²) in [5, 5.41) is 8.74. The van der Waals surface area contributed by atoms with Gasteiger partial charge in [0.15, 0.2) is 0 Å². The Bertz CT molecular complexity index is 772. The molecule has 0 spiro atoms. The van der Waals surface area contributed by atoms with Crippen LogP contribution in [-0.4, -0.2) is 23.4 Å². The van der Waals surface area contributed by atoms with Crippen molar-refractivity contribution in [2.45, 2.75) is 31.6 Å². The van der Waals surface area contributed by atoms with Gasteiger partial charge in [0, 0.05) is 0 Å². The Labute approximate surface area is 168 Å². The van der Waals surface area contributed by atoms with Crippen molar-refractivity contribution < 1.29 is 36.2 Å². The minimum atomic E-state index is -4.57. The van der Waals surface area contributed by atoms with Crippen molar-refractivity contribution in [3.8, 4) is 5.75 Å². The molecule has 0 saturated carbocycles. The zero-order chi connectivity index (χ0) is 21.5. The summed E-state index contributed by atoms with van der Waals surface area (Å²) in [5.74, 6) is 0.136. The van der Waals surface area contributed by atoms with Crippen LogP contribution in [0, 0.1) is 0 Å². The Kier molecular flexibility index (Phi) is 8.27. The van der Waals surface area contributed by atoms with Gasteiger partial charge in [-0.15, -0.1) is 11.8 Å². The molecule has 0 aromatic heterocycles. The summed E-state index contributed by atoms with van der Waals surface area (Å²) in [7, 11) is 0. The topological polar surface area (TPSA) is 29.5 Å². The Hall–Kier alpha value is -1.87. The number of halogens is 6. The van der Waals surface area contributed by atoms with Crippen molar-refractivity contribution in [1.82, 2.24) is 0 Å². The number of aliphatic hydroxyl groups excluding tert-OH is 1. The molecule has 0 atom stereocenters. The lowest BCUT2D eigenvalue weighted by Crippen LogP contribution is -2.11. The second kappa shape index (κ2) is 10.2. The van der Waals surface area contributed by atoms with E-state index in [4.69, 9.17) is 9.84 Å². The number of aryl methyl sites for hydroxylation is 2. The van der Waals surface area contributed by atoms with Crippen molar-refractivity contribution >= 4 is 11.8 Å². The molecule has 0 heterocycles. The summed E-state index contributed by atoms with van der Waals surface area (Å²) in [6.07, 6.45) is -7.84. The molecule has 0 unspecified atom stereocenters. The molecular weight excluding hydrogens is 418 g/mol. The van der Waals surface area contributed by atoms with Gasteiger partial charge in [0.1, 0.15) is 5.75 Å². The van der Waals surface area contributed by atoms with Gasteiger partial charge < -0.3 is 9.84 Å². The Morgan fingerprint density at radius 1 is 0.828 bits per heavy atom. The fraction of sp³-hybridized carbons (Fsp3) is 0.400. The summed E-state index contributed by atoms with van der Waals surface area (Å²) < 4.78 is 82.8. The van der Waals surface area contributed by atoms with E-state index in [1.54, 1.807) is 6.07 Å². The lowest BCUT2D eigenvalue weighted by atomic mass is 10.1. The van der Waals surface area contributed by atoms with Crippen LogP contribution in [0.4, 0.5) is 26.3 Å². The van der Waals surface area contributed by atoms with Crippen molar-refractivity contribution in [1.29, 1.82) is 0 Å². The zero-order valence-corrected chi connectivity index (χ0v) is 16.1. The molecule has 0 aliphatic carbocycles. The lowest BCUT2D eigenvalue weighted by molar-refractivity contribution is -0.139. The average molecular weight is 438 g/mol. The monoisotopic (exact) mass is 438 g/mol. The van der Waals surface area contributed by atoms with Crippen LogP contribution in [0.25, 0.3) is 0 Å². The van der Waals surface area contributed by atoms with Crippen LogP contribution in [-0.2, 0) is 25.2 Å². The predicted molar refractivity (Wildman–Crippen MR) is 100.0 cm³/mol. The van der Waals surface area contributed by atoms with E-state index in [0.717, 1.165) is 18.2 Å². The van der Waals surface area contributed by atoms with Gasteiger partial charge in [-0.1, -0.05) is 18.2 Å². The van der Waals surface area contributed by atoms with E-state index in [1.165, 1.54) is 30.0 Å². The third-order valence-electron chi connectivity index (χ3n) is 4.12. The van der Waals surface area contributed by atoms with Gasteiger partial charge in [0.2, 0.25) is 0 Å². The van der Waals surface area contributed by atoms with Crippen molar-refractivity contribution in [3.05, 3.63) is 64.7 Å². The zero-order valence-electron chi connectivity index (χ0n) is 15.3. The SMILES string of the molecule is OCSCCc1ccc(OCCCc2ccc(C(F)(F)F)cc2)c(C(F)(F)F)c1. The summed E-state index contributed by atoms with van der Waals surface area (Å²) in [4.78, 5) is 0. The number of aliphatic hydroxyl groups is 1. The molecule has 1 N–H and O–H groups in total. The molecule has 160 valence electrons. The van der Waals surface area contributed by atoms with Crippen LogP contribution in [0.2, 0.25) is 0 Å². The summed E-state index contributed by atoms with van der Waals surface area (Å²) >= 11 is 1.22. The van der Waals surface area contributed by atoms with E-state index in [0.29, 0.717) is 36.1 Å². The molecule has 2 aromatic rings. The molecule has 0 fully saturated rings. The third kappa shape index (κ3) is 7.47. The minimum Gasteiger partial charge on any atom is -0.493 e. The van der Waals surface area contributed by atoms with Gasteiger partial charge in [-0.2, -0.15) is 26.3 Å². The van der Waals surface area contributed by atoms with E-state index < -0.39 is 23.5 Å². The standard InChI is InChI=1S/C20H20F6O2S/c21-19(22,23)16-6-3-14(4-7-16)2-1-10-28-18-8-5-15(9-11-29-13-27)12-17(18)20(24,25)26/h3-8,12,27H,1-2,9-11,13H2. The smallest absolute Gasteiger partial charge is 0.419 e. The van der Waals surface area contributed by atoms with Gasteiger partial charge in [-0.3, -0.25) is 0 Å². The minimum absolute atomic E-state index is 0.00378. The van der Waals surface area contributed by atoms with Crippen molar-refractivity contribution in [2.75, 3.05) is 18.3 Å². The number of rotatable bonds is 9. The van der Waals surface area contributed by atoms with Gasteiger partial charge >= 0.3 is 12.4 Å². The first kappa shape index (κ1) is 23.4. The van der Waals surface area contributed by atoms with Crippen LogP contribution >= 0.6 is 11.8 Å². The molecule has 9 heteroatoms. The summed E-state index contributed by atoms with van der Waals surface area (Å²) in [6, 6.07) is 8.53. The van der Waals surface area contributed by atoms with E-state index in [9.17, 15) is 26.3 Å². The van der Waals surface area contributed by atoms with E-state index >= 15 is 0 Å². The largest absolute Gasteiger partial charge is 0.493 e. The van der Waals surface area contributed by atoms with Gasteiger partial charge in [-0.25, -0.2) is 0 Å². The summed E-state index contributed by atoms with van der Waals surface area (Å²) in [5.41, 5.74) is -0.465. The van der Waals surface area contributed by atoms with Gasteiger partial charge in [-0.05, 0) is 60.4 Å². The second-order valence-corrected chi connectivity index (χ2v) is 7.34. The van der Waals surface area contributed by atoms with Gasteiger partial charge in [0.25, 0.3) is 0 Å². The first-order valence-corrected chi connectivity index (χ1v) is 9.94. The molecule has 0 amide bonds. The molecular formula is C20H20F6O2S. The molecule has 2 rings (SSSR count). The fourth-order valence-corrected chi connectivity index (χ4v) is 3.16. The number of thioether (sulfide) groups is 1. The molecule has 2 aromatic carbocycles. The van der Waals surface area contributed by atoms with Crippen LogP contribution in [0.1, 0.15) is 28.7 Å². The molecule has 2 nitrogen and oxygen atoms in total. The van der Waals surface area contributed by atoms with Crippen LogP contribution in [0.3, 0.4) is 0 Å². The molecule has 0 bridgehead atoms. The number of benzene rings is 2. The van der Waals surface area contributed by atoms with E-state index in [-0.39, 0.29) is 18.3 Å². The fourth-order valence-electron chi connectivity index (χ4n) is 2.65. The quantitative estimate of drug-likeness (QED) is 0.298. The van der Waals surface area contributed by atoms with Crippen LogP contribution in [0.5, 0.6) is 5.75 Å². The third-order valence-corrected chi connectivity index (χ3v) is 4.80. The first-order chi connectivity index (χ1) is 13.6. The van der Waals surface area contributed by atoms with Crippen molar-refractivity contribution in [3.63, 3.8) is 0 Å². The van der Waals surface area contributed by atoms with Gasteiger partial charge in [0.05, 0.1) is 23.7 Å². The Morgan fingerprint density at radius 2 is 1.48 bits per heavy atom. The Balaban J connectivity index is 1.94. The highest BCUT2D eigenvalue weighted by Crippen LogP contribution is 2.37. The molecule has 0 saturated heterocycles. The van der Waals surface area contributed by atoms with E-state index in [2.05, 4.69) is 0 Å². The maximum Gasteiger partial charge on any atom is 0.419 e. The number of hydrogen-bond donors (Lipinski definition) is 1. The Morgan fingerprint density at radius 3 is 2.07 bits per heavy atom. The number of hydrogen-bond acceptors (Lipinski definition) is 3. The highest BCUT2D eigenvalue weighted by atomic mass is 32.2.